The molecule has 50 heavy (non-hydrogen) atoms. The molecule has 3 amide bonds. The van der Waals surface area contributed by atoms with Crippen LogP contribution in [0.4, 0.5) is 10.8 Å². The number of thioether (sulfide) groups is 1. The predicted octanol–water partition coefficient (Wildman–Crippen LogP) is 9.76. The lowest BCUT2D eigenvalue weighted by Crippen LogP contribution is -2.30. The summed E-state index contributed by atoms with van der Waals surface area (Å²) in [7, 11) is 0. The highest BCUT2D eigenvalue weighted by Crippen LogP contribution is 2.38. The molecule has 7 nitrogen and oxygen atoms in total. The maximum Gasteiger partial charge on any atom is 0.272 e. The second-order valence-electron chi connectivity index (χ2n) is 11.2. The fourth-order valence-corrected chi connectivity index (χ4v) is 6.98. The molecule has 0 fully saturated rings. The summed E-state index contributed by atoms with van der Waals surface area (Å²) in [5.41, 5.74) is 5.51. The van der Waals surface area contributed by atoms with Gasteiger partial charge in [0.25, 0.3) is 11.8 Å². The van der Waals surface area contributed by atoms with E-state index < -0.39 is 17.1 Å². The van der Waals surface area contributed by atoms with Crippen molar-refractivity contribution >= 4 is 73.6 Å². The van der Waals surface area contributed by atoms with Crippen LogP contribution in [0.25, 0.3) is 17.3 Å². The Morgan fingerprint density at radius 2 is 1.50 bits per heavy atom. The summed E-state index contributed by atoms with van der Waals surface area (Å²) in [5, 5.41) is 10.5. The molecule has 6 rings (SSSR count). The summed E-state index contributed by atoms with van der Waals surface area (Å²) in [5.74, 6) is -1.12. The molecule has 1 aromatic heterocycles. The highest BCUT2D eigenvalue weighted by molar-refractivity contribution is 9.10. The zero-order chi connectivity index (χ0) is 34.9. The Bertz CT molecular complexity index is 2140. The molecule has 3 N–H and O–H groups in total. The Balaban J connectivity index is 1.20. The van der Waals surface area contributed by atoms with Gasteiger partial charge in [-0.15, -0.1) is 23.1 Å². The molecule has 0 aliphatic rings. The van der Waals surface area contributed by atoms with Crippen LogP contribution in [0.2, 0.25) is 0 Å². The van der Waals surface area contributed by atoms with E-state index >= 15 is 0 Å². The van der Waals surface area contributed by atoms with E-state index in [0.29, 0.717) is 16.4 Å². The average molecular weight is 760 g/mol. The maximum absolute atomic E-state index is 13.8. The number of aryl methyl sites for hydroxylation is 1. The predicted molar refractivity (Wildman–Crippen MR) is 207 cm³/mol. The minimum Gasteiger partial charge on any atom is -0.321 e. The molecule has 0 radical (unpaired) electrons. The van der Waals surface area contributed by atoms with E-state index in [1.165, 1.54) is 23.1 Å². The quantitative estimate of drug-likeness (QED) is 0.0903. The lowest BCUT2D eigenvalue weighted by atomic mass is 10.1. The molecule has 6 aromatic rings. The molecule has 0 aliphatic heterocycles. The smallest absolute Gasteiger partial charge is 0.272 e. The van der Waals surface area contributed by atoms with E-state index in [-0.39, 0.29) is 11.6 Å². The maximum atomic E-state index is 13.8. The van der Waals surface area contributed by atoms with E-state index in [9.17, 15) is 14.4 Å². The number of aromatic nitrogens is 1. The monoisotopic (exact) mass is 758 g/mol. The van der Waals surface area contributed by atoms with Gasteiger partial charge >= 0.3 is 0 Å². The third-order valence-electron chi connectivity index (χ3n) is 7.48. The Labute approximate surface area is 307 Å². The van der Waals surface area contributed by atoms with Gasteiger partial charge in [-0.2, -0.15) is 0 Å². The number of anilines is 2. The van der Waals surface area contributed by atoms with Crippen LogP contribution >= 0.6 is 39.0 Å². The van der Waals surface area contributed by atoms with Crippen molar-refractivity contribution in [2.75, 3.05) is 10.6 Å². The van der Waals surface area contributed by atoms with Crippen LogP contribution in [0, 0.1) is 6.92 Å². The number of hydrogen-bond donors (Lipinski definition) is 3. The normalized spacial score (nSPS) is 11.8. The van der Waals surface area contributed by atoms with Crippen molar-refractivity contribution in [2.45, 2.75) is 17.1 Å². The van der Waals surface area contributed by atoms with Gasteiger partial charge in [0.1, 0.15) is 10.9 Å². The summed E-state index contributed by atoms with van der Waals surface area (Å²) in [6, 6.07) is 41.0. The van der Waals surface area contributed by atoms with Crippen LogP contribution in [0.3, 0.4) is 0 Å². The number of nitrogens with zero attached hydrogens (tertiary/aromatic N) is 1. The van der Waals surface area contributed by atoms with Crippen molar-refractivity contribution in [1.29, 1.82) is 0 Å². The number of benzene rings is 5. The molecule has 1 atom stereocenters. The van der Waals surface area contributed by atoms with Crippen molar-refractivity contribution in [3.63, 3.8) is 0 Å². The number of rotatable bonds is 11. The molecule has 1 unspecified atom stereocenters. The Kier molecular flexibility index (Phi) is 11.3. The number of carbonyl (C=O) groups is 3. The SMILES string of the molecule is Cc1ccc(-c2csc(NC(=O)C(Sc3cccc(NC(=O)/C(=C/c4ccc(Br)cc4)NC(=O)c4ccccc4)c3)c3ccccc3)n2)cc1. The van der Waals surface area contributed by atoms with Crippen molar-refractivity contribution < 1.29 is 14.4 Å². The fraction of sp³-hybridized carbons (Fsp3) is 0.0500. The summed E-state index contributed by atoms with van der Waals surface area (Å²) in [6.07, 6.45) is 1.62. The van der Waals surface area contributed by atoms with Crippen LogP contribution in [0.1, 0.15) is 32.3 Å². The lowest BCUT2D eigenvalue weighted by Gasteiger charge is -2.17. The first-order valence-corrected chi connectivity index (χ1v) is 18.2. The Morgan fingerprint density at radius 3 is 2.22 bits per heavy atom. The second-order valence-corrected chi connectivity index (χ2v) is 14.2. The summed E-state index contributed by atoms with van der Waals surface area (Å²) >= 11 is 6.17. The number of hydrogen-bond acceptors (Lipinski definition) is 6. The molecule has 0 saturated heterocycles. The summed E-state index contributed by atoms with van der Waals surface area (Å²) in [4.78, 5) is 45.9. The first-order chi connectivity index (χ1) is 24.3. The van der Waals surface area contributed by atoms with E-state index in [1.54, 1.807) is 42.5 Å². The minimum absolute atomic E-state index is 0.0780. The zero-order valence-corrected chi connectivity index (χ0v) is 30.0. The molecule has 0 aliphatic carbocycles. The topological polar surface area (TPSA) is 100 Å². The average Bonchev–Trinajstić information content (AvgIpc) is 3.60. The summed E-state index contributed by atoms with van der Waals surface area (Å²) in [6.45, 7) is 2.04. The van der Waals surface area contributed by atoms with Gasteiger partial charge in [-0.1, -0.05) is 112 Å². The minimum atomic E-state index is -0.605. The van der Waals surface area contributed by atoms with E-state index in [1.807, 2.05) is 109 Å². The van der Waals surface area contributed by atoms with Gasteiger partial charge in [0.05, 0.1) is 5.69 Å². The van der Waals surface area contributed by atoms with Crippen LogP contribution in [0.15, 0.2) is 154 Å². The van der Waals surface area contributed by atoms with E-state index in [4.69, 9.17) is 0 Å². The number of amides is 3. The van der Waals surface area contributed by atoms with Gasteiger partial charge in [-0.25, -0.2) is 4.98 Å². The molecule has 0 spiro atoms. The van der Waals surface area contributed by atoms with Crippen molar-refractivity contribution in [3.05, 3.63) is 171 Å². The highest BCUT2D eigenvalue weighted by atomic mass is 79.9. The Hall–Kier alpha value is -5.29. The molecule has 1 heterocycles. The molecular formula is C40H31BrN4O3S2. The molecule has 248 valence electrons. The molecule has 0 saturated carbocycles. The van der Waals surface area contributed by atoms with Gasteiger partial charge < -0.3 is 16.0 Å². The molecule has 5 aromatic carbocycles. The van der Waals surface area contributed by atoms with Crippen LogP contribution in [0.5, 0.6) is 0 Å². The van der Waals surface area contributed by atoms with Gasteiger partial charge in [-0.3, -0.25) is 14.4 Å². The third kappa shape index (κ3) is 9.23. The standard InChI is InChI=1S/C40H31BrN4O3S2/c1-26-15-19-28(20-16-26)35-25-49-40(44-35)45-39(48)36(29-9-4-2-5-10-29)50-33-14-8-13-32(24-33)42-38(47)34(23-27-17-21-31(41)22-18-27)43-37(46)30-11-6-3-7-12-30/h2-25,36H,1H3,(H,42,47)(H,43,46)(H,44,45,48)/b34-23-. The van der Waals surface area contributed by atoms with Gasteiger partial charge in [0.15, 0.2) is 5.13 Å². The van der Waals surface area contributed by atoms with Gasteiger partial charge in [-0.05, 0) is 66.6 Å². The van der Waals surface area contributed by atoms with Crippen LogP contribution in [-0.2, 0) is 9.59 Å². The first-order valence-electron chi connectivity index (χ1n) is 15.6. The summed E-state index contributed by atoms with van der Waals surface area (Å²) < 4.78 is 0.893. The third-order valence-corrected chi connectivity index (χ3v) is 10.0. The van der Waals surface area contributed by atoms with Crippen molar-refractivity contribution in [2.24, 2.45) is 0 Å². The van der Waals surface area contributed by atoms with E-state index in [2.05, 4.69) is 36.9 Å². The molecular weight excluding hydrogens is 729 g/mol. The first kappa shape index (κ1) is 34.6. The van der Waals surface area contributed by atoms with Crippen molar-refractivity contribution in [1.82, 2.24) is 10.3 Å². The lowest BCUT2D eigenvalue weighted by molar-refractivity contribution is -0.116. The molecule has 10 heteroatoms. The van der Waals surface area contributed by atoms with E-state index in [0.717, 1.165) is 37.3 Å². The second kappa shape index (κ2) is 16.4. The van der Waals surface area contributed by atoms with Gasteiger partial charge in [0, 0.05) is 31.6 Å². The van der Waals surface area contributed by atoms with Crippen molar-refractivity contribution in [3.8, 4) is 11.3 Å². The number of thiazole rings is 1. The number of halogens is 1. The van der Waals surface area contributed by atoms with Gasteiger partial charge in [0.2, 0.25) is 5.91 Å². The molecule has 0 bridgehead atoms. The zero-order valence-electron chi connectivity index (χ0n) is 26.8. The number of carbonyl (C=O) groups excluding carboxylic acids is 3. The largest absolute Gasteiger partial charge is 0.321 e. The fourth-order valence-electron chi connectivity index (χ4n) is 4.91. The highest BCUT2D eigenvalue weighted by Gasteiger charge is 2.24. The number of nitrogens with one attached hydrogen (secondary N) is 3. The Morgan fingerprint density at radius 1 is 0.800 bits per heavy atom. The van der Waals surface area contributed by atoms with Crippen LogP contribution in [-0.4, -0.2) is 22.7 Å². The van der Waals surface area contributed by atoms with Crippen LogP contribution < -0.4 is 16.0 Å².